The van der Waals surface area contributed by atoms with E-state index in [1.54, 1.807) is 12.3 Å². The standard InChI is InChI=1S/C8H10N2O/c11-8-4-7-6(5-10-8)2-1-3-9-7/h4-5,9H,1-3H2,(H,10,11). The molecule has 0 aliphatic carbocycles. The lowest BCUT2D eigenvalue weighted by Gasteiger charge is -2.16. The Kier molecular flexibility index (Phi) is 1.42. The van der Waals surface area contributed by atoms with Gasteiger partial charge in [0, 0.05) is 24.5 Å². The second-order valence-corrected chi connectivity index (χ2v) is 2.77. The molecule has 0 saturated heterocycles. The molecule has 0 amide bonds. The fourth-order valence-corrected chi connectivity index (χ4v) is 1.37. The third kappa shape index (κ3) is 1.13. The summed E-state index contributed by atoms with van der Waals surface area (Å²) in [6.07, 6.45) is 4.02. The number of aromatic nitrogens is 1. The van der Waals surface area contributed by atoms with Crippen LogP contribution >= 0.6 is 0 Å². The van der Waals surface area contributed by atoms with E-state index in [9.17, 15) is 4.79 Å². The zero-order chi connectivity index (χ0) is 7.68. The number of H-pyrrole nitrogens is 1. The van der Waals surface area contributed by atoms with E-state index in [1.807, 2.05) is 0 Å². The Balaban J connectivity index is 2.51. The monoisotopic (exact) mass is 150 g/mol. The second-order valence-electron chi connectivity index (χ2n) is 2.77. The minimum atomic E-state index is -0.0295. The van der Waals surface area contributed by atoms with Crippen LogP contribution in [0.5, 0.6) is 0 Å². The van der Waals surface area contributed by atoms with Gasteiger partial charge in [-0.1, -0.05) is 0 Å². The molecule has 0 saturated carbocycles. The molecule has 58 valence electrons. The maximum absolute atomic E-state index is 10.8. The second kappa shape index (κ2) is 2.42. The average Bonchev–Trinajstić information content (AvgIpc) is 2.04. The van der Waals surface area contributed by atoms with Crippen molar-refractivity contribution in [1.82, 2.24) is 4.98 Å². The van der Waals surface area contributed by atoms with Crippen LogP contribution in [0.3, 0.4) is 0 Å². The first-order chi connectivity index (χ1) is 5.36. The zero-order valence-electron chi connectivity index (χ0n) is 6.18. The topological polar surface area (TPSA) is 44.9 Å². The molecule has 0 fully saturated rings. The number of anilines is 1. The summed E-state index contributed by atoms with van der Waals surface area (Å²) in [4.78, 5) is 13.5. The van der Waals surface area contributed by atoms with Gasteiger partial charge in [-0.3, -0.25) is 4.79 Å². The van der Waals surface area contributed by atoms with Crippen molar-refractivity contribution in [3.8, 4) is 0 Å². The molecule has 11 heavy (non-hydrogen) atoms. The summed E-state index contributed by atoms with van der Waals surface area (Å²) in [6, 6.07) is 1.62. The van der Waals surface area contributed by atoms with E-state index in [2.05, 4.69) is 10.3 Å². The van der Waals surface area contributed by atoms with Crippen LogP contribution in [0, 0.1) is 0 Å². The predicted molar refractivity (Wildman–Crippen MR) is 43.9 cm³/mol. The lowest BCUT2D eigenvalue weighted by atomic mass is 10.1. The average molecular weight is 150 g/mol. The van der Waals surface area contributed by atoms with E-state index < -0.39 is 0 Å². The quantitative estimate of drug-likeness (QED) is 0.572. The van der Waals surface area contributed by atoms with Gasteiger partial charge < -0.3 is 10.3 Å². The summed E-state index contributed by atoms with van der Waals surface area (Å²) in [5.74, 6) is 0. The van der Waals surface area contributed by atoms with Crippen molar-refractivity contribution in [2.75, 3.05) is 11.9 Å². The number of hydrogen-bond donors (Lipinski definition) is 2. The van der Waals surface area contributed by atoms with Crippen molar-refractivity contribution >= 4 is 5.69 Å². The fraction of sp³-hybridized carbons (Fsp3) is 0.375. The minimum absolute atomic E-state index is 0.0295. The van der Waals surface area contributed by atoms with Gasteiger partial charge in [-0.25, -0.2) is 0 Å². The van der Waals surface area contributed by atoms with Gasteiger partial charge in [0.25, 0.3) is 0 Å². The van der Waals surface area contributed by atoms with E-state index >= 15 is 0 Å². The highest BCUT2D eigenvalue weighted by Crippen LogP contribution is 2.17. The summed E-state index contributed by atoms with van der Waals surface area (Å²) in [6.45, 7) is 0.983. The first-order valence-corrected chi connectivity index (χ1v) is 3.82. The molecular formula is C8H10N2O. The molecule has 0 radical (unpaired) electrons. The number of rotatable bonds is 0. The van der Waals surface area contributed by atoms with Crippen molar-refractivity contribution in [3.63, 3.8) is 0 Å². The van der Waals surface area contributed by atoms with Crippen molar-refractivity contribution < 1.29 is 0 Å². The molecule has 1 aliphatic rings. The van der Waals surface area contributed by atoms with Gasteiger partial charge in [-0.05, 0) is 18.4 Å². The first-order valence-electron chi connectivity index (χ1n) is 3.82. The predicted octanol–water partition coefficient (Wildman–Crippen LogP) is 0.733. The fourth-order valence-electron chi connectivity index (χ4n) is 1.37. The summed E-state index contributed by atoms with van der Waals surface area (Å²) in [7, 11) is 0. The highest BCUT2D eigenvalue weighted by atomic mass is 16.1. The highest BCUT2D eigenvalue weighted by molar-refractivity contribution is 5.50. The molecule has 0 spiro atoms. The van der Waals surface area contributed by atoms with E-state index in [-0.39, 0.29) is 5.56 Å². The Morgan fingerprint density at radius 2 is 2.36 bits per heavy atom. The maximum atomic E-state index is 10.8. The minimum Gasteiger partial charge on any atom is -0.385 e. The molecule has 0 unspecified atom stereocenters. The molecule has 3 nitrogen and oxygen atoms in total. The Labute approximate surface area is 64.5 Å². The normalized spacial score (nSPS) is 15.3. The van der Waals surface area contributed by atoms with Gasteiger partial charge in [0.1, 0.15) is 0 Å². The molecule has 1 aliphatic heterocycles. The van der Waals surface area contributed by atoms with Gasteiger partial charge in [0.2, 0.25) is 5.56 Å². The lowest BCUT2D eigenvalue weighted by Crippen LogP contribution is -2.16. The molecule has 1 aromatic rings. The number of pyridine rings is 1. The molecule has 2 heterocycles. The Morgan fingerprint density at radius 3 is 3.27 bits per heavy atom. The Hall–Kier alpha value is -1.25. The number of aryl methyl sites for hydroxylation is 1. The largest absolute Gasteiger partial charge is 0.385 e. The number of hydrogen-bond acceptors (Lipinski definition) is 2. The van der Waals surface area contributed by atoms with Crippen LogP contribution in [0.15, 0.2) is 17.1 Å². The Bertz CT molecular complexity index is 316. The highest BCUT2D eigenvalue weighted by Gasteiger charge is 2.07. The van der Waals surface area contributed by atoms with Crippen molar-refractivity contribution in [2.24, 2.45) is 0 Å². The summed E-state index contributed by atoms with van der Waals surface area (Å²) in [5, 5.41) is 3.18. The van der Waals surface area contributed by atoms with E-state index in [4.69, 9.17) is 0 Å². The summed E-state index contributed by atoms with van der Waals surface area (Å²) in [5.41, 5.74) is 2.19. The van der Waals surface area contributed by atoms with Gasteiger partial charge in [-0.15, -0.1) is 0 Å². The van der Waals surface area contributed by atoms with Crippen molar-refractivity contribution in [2.45, 2.75) is 12.8 Å². The van der Waals surface area contributed by atoms with E-state index in [1.165, 1.54) is 5.56 Å². The van der Waals surface area contributed by atoms with Gasteiger partial charge >= 0.3 is 0 Å². The van der Waals surface area contributed by atoms with Crippen LogP contribution in [-0.4, -0.2) is 11.5 Å². The van der Waals surface area contributed by atoms with Crippen LogP contribution in [0.4, 0.5) is 5.69 Å². The maximum Gasteiger partial charge on any atom is 0.249 e. The molecule has 1 aromatic heterocycles. The van der Waals surface area contributed by atoms with Crippen LogP contribution in [0.2, 0.25) is 0 Å². The SMILES string of the molecule is O=c1cc2c(c[nH]1)CCCN2. The molecule has 0 atom stereocenters. The summed E-state index contributed by atoms with van der Waals surface area (Å²) < 4.78 is 0. The molecule has 0 aromatic carbocycles. The van der Waals surface area contributed by atoms with E-state index in [0.717, 1.165) is 25.1 Å². The van der Waals surface area contributed by atoms with Gasteiger partial charge in [0.15, 0.2) is 0 Å². The molecule has 2 N–H and O–H groups in total. The number of aromatic amines is 1. The smallest absolute Gasteiger partial charge is 0.249 e. The molecule has 2 rings (SSSR count). The molecular weight excluding hydrogens is 140 g/mol. The van der Waals surface area contributed by atoms with Gasteiger partial charge in [-0.2, -0.15) is 0 Å². The van der Waals surface area contributed by atoms with Crippen LogP contribution in [-0.2, 0) is 6.42 Å². The van der Waals surface area contributed by atoms with Gasteiger partial charge in [0.05, 0.1) is 0 Å². The van der Waals surface area contributed by atoms with E-state index in [0.29, 0.717) is 0 Å². The first kappa shape index (κ1) is 6.46. The molecule has 0 bridgehead atoms. The molecule has 3 heteroatoms. The van der Waals surface area contributed by atoms with Crippen molar-refractivity contribution in [1.29, 1.82) is 0 Å². The summed E-state index contributed by atoms with van der Waals surface area (Å²) >= 11 is 0. The van der Waals surface area contributed by atoms with Crippen LogP contribution in [0.25, 0.3) is 0 Å². The third-order valence-electron chi connectivity index (χ3n) is 1.95. The van der Waals surface area contributed by atoms with Crippen LogP contribution < -0.4 is 10.9 Å². The zero-order valence-corrected chi connectivity index (χ0v) is 6.18. The lowest BCUT2D eigenvalue weighted by molar-refractivity contribution is 0.822. The number of fused-ring (bicyclic) bond motifs is 1. The third-order valence-corrected chi connectivity index (χ3v) is 1.95. The van der Waals surface area contributed by atoms with Crippen molar-refractivity contribution in [3.05, 3.63) is 28.2 Å². The van der Waals surface area contributed by atoms with Crippen LogP contribution in [0.1, 0.15) is 12.0 Å². The number of nitrogens with one attached hydrogen (secondary N) is 2. The Morgan fingerprint density at radius 1 is 1.45 bits per heavy atom.